The Morgan fingerprint density at radius 2 is 0.835 bits per heavy atom. The molecular formula is C94H90F4N24O5. The number of aliphatic hydroxyl groups excluding tert-OH is 1. The minimum absolute atomic E-state index is 0.0352. The monoisotopic (exact) mass is 1710 g/mol. The third-order valence-corrected chi connectivity index (χ3v) is 22.2. The summed E-state index contributed by atoms with van der Waals surface area (Å²) in [6.45, 7) is 4.73. The van der Waals surface area contributed by atoms with Gasteiger partial charge in [0.1, 0.15) is 89.8 Å². The van der Waals surface area contributed by atoms with Crippen molar-refractivity contribution >= 4 is 69.6 Å². The van der Waals surface area contributed by atoms with Crippen LogP contribution in [0.1, 0.15) is 49.5 Å². The molecule has 1 saturated carbocycles. The number of hydrogen-bond donors (Lipinski definition) is 3. The predicted molar refractivity (Wildman–Crippen MR) is 482 cm³/mol. The van der Waals surface area contributed by atoms with Crippen molar-refractivity contribution in [1.29, 1.82) is 0 Å². The van der Waals surface area contributed by atoms with Crippen molar-refractivity contribution in [2.75, 3.05) is 131 Å². The number of methoxy groups -OCH3 is 2. The molecule has 1 unspecified atom stereocenters. The summed E-state index contributed by atoms with van der Waals surface area (Å²) in [6.07, 6.45) is 26.0. The van der Waals surface area contributed by atoms with Crippen molar-refractivity contribution in [2.24, 2.45) is 0 Å². The van der Waals surface area contributed by atoms with Gasteiger partial charge in [-0.3, -0.25) is 26.4 Å². The van der Waals surface area contributed by atoms with Gasteiger partial charge in [-0.1, -0.05) is 54.6 Å². The number of rotatable bonds is 24. The Morgan fingerprint density at radius 3 is 1.31 bits per heavy atom. The van der Waals surface area contributed by atoms with Crippen LogP contribution in [0.2, 0.25) is 0 Å². The van der Waals surface area contributed by atoms with Crippen LogP contribution in [0, 0.1) is 5.82 Å². The summed E-state index contributed by atoms with van der Waals surface area (Å²) in [5.74, 6) is 11.2. The van der Waals surface area contributed by atoms with Crippen LogP contribution in [0.5, 0.6) is 23.0 Å². The molecule has 29 nitrogen and oxygen atoms in total. The first kappa shape index (κ1) is 82.7. The number of imidazole rings is 6. The molecule has 18 aromatic rings. The first-order valence-corrected chi connectivity index (χ1v) is 41.8. The maximum absolute atomic E-state index is 13.0. The van der Waals surface area contributed by atoms with Gasteiger partial charge in [-0.25, -0.2) is 47.5 Å². The first-order chi connectivity index (χ1) is 62.3. The minimum atomic E-state index is -1.03. The molecule has 22 rings (SSSR count). The van der Waals surface area contributed by atoms with E-state index in [2.05, 4.69) is 70.2 Å². The number of nitrogens with one attached hydrogen (secondary N) is 2. The molecule has 3 saturated heterocycles. The van der Waals surface area contributed by atoms with Crippen molar-refractivity contribution in [3.05, 3.63) is 267 Å². The minimum Gasteiger partial charge on any atom is -0.497 e. The Bertz CT molecular complexity index is 6860. The van der Waals surface area contributed by atoms with E-state index in [0.29, 0.717) is 75.7 Å². The van der Waals surface area contributed by atoms with Gasteiger partial charge in [-0.2, -0.15) is 29.9 Å². The third-order valence-electron chi connectivity index (χ3n) is 22.2. The Kier molecular flexibility index (Phi) is 24.4. The van der Waals surface area contributed by atoms with Crippen molar-refractivity contribution in [3.8, 4) is 90.5 Å². The van der Waals surface area contributed by atoms with E-state index in [-0.39, 0.29) is 19.1 Å². The van der Waals surface area contributed by atoms with E-state index in [1.807, 2.05) is 253 Å². The number of anilines is 6. The molecule has 6 aromatic carbocycles. The standard InChI is InChI=1S/C31H29FN8O2.C18H19FN4O.C16H15FN4O.C15H13FN4.C14H14N4O/c1-33-25-9-14-39-19-24(34-30(39)35-25)20-5-2-7-22(17-20)29(41)28-27(21-6-3-8-23(18-21)42-16-11-32)37-31-36-26(10-15-40(28)31)38-12-4-13-38;1-24-15-6-2-13(3-7-15)16-12-22-10-8-17(21-18(22)20-16)23(11-9-19)14-4-5-14;17-11-22-13-4-1-3-12(9-13)14-10-21-8-5-15(19-16(21)18-14)20-6-2-7-20;16-12-4-2-11(3-5-12)13-10-20-9-6-14(18-15(20)17-13)19-7-1-8-19;1-15-13-6-7-18-9-12(16-14(18)17-13)10-4-3-5-11(8-10)19-2/h2-3,5-10,14-15,17-19,29,41H,4,11-13,16H2,1H3,(H,33,34,35);2-3,6-8,10,12,14H,4-5,9,11H2,1H3;1,3-5,8-10H,2,6-7,11H2;2-6,9-10H,1,7-8H2;3-9H,1-2H3,(H,15,16,17). The topological polar surface area (TPSA) is 275 Å². The number of alkyl halides is 3. The van der Waals surface area contributed by atoms with Crippen LogP contribution in [0.15, 0.2) is 250 Å². The SMILES string of the molecule is CNc1ccn2cc(-c3cccc(C(O)c4c(-c5cccc(OCCF)c5)nc5nc(N6CCC6)ccn45)c3)nc2n1.CNc1ccn2cc(-c3cccc(OC)c3)nc2n1.COc1ccc(-c2cn3ccc(N(CCF)C4CC4)nc3n2)cc1.FCOc1cccc(-c2cn3ccc(N4CCC4)nc3n2)c1.Fc1ccc(-c2cn3ccc(N4CCC4)nc3n2)cc1. The summed E-state index contributed by atoms with van der Waals surface area (Å²) in [4.78, 5) is 64.0. The highest BCUT2D eigenvalue weighted by atomic mass is 19.1. The fraction of sp³-hybridized carbons (Fsp3) is 0.234. The zero-order chi connectivity index (χ0) is 86.9. The number of halogens is 4. The van der Waals surface area contributed by atoms with Gasteiger partial charge in [0, 0.05) is 167 Å². The lowest BCUT2D eigenvalue weighted by Gasteiger charge is -2.31. The molecule has 1 aliphatic carbocycles. The van der Waals surface area contributed by atoms with Gasteiger partial charge in [0.05, 0.1) is 54.1 Å². The van der Waals surface area contributed by atoms with E-state index < -0.39 is 19.6 Å². The number of aliphatic hydroxyl groups is 1. The molecule has 0 bridgehead atoms. The normalized spacial score (nSPS) is 13.6. The van der Waals surface area contributed by atoms with Gasteiger partial charge >= 0.3 is 0 Å². The van der Waals surface area contributed by atoms with E-state index in [1.54, 1.807) is 44.6 Å². The highest BCUT2D eigenvalue weighted by molar-refractivity contribution is 5.72. The molecule has 0 radical (unpaired) electrons. The van der Waals surface area contributed by atoms with Crippen LogP contribution in [0.3, 0.4) is 0 Å². The molecule has 0 amide bonds. The lowest BCUT2D eigenvalue weighted by molar-refractivity contribution is 0.192. The number of benzene rings is 6. The summed E-state index contributed by atoms with van der Waals surface area (Å²) >= 11 is 0. The average molecular weight is 1710 g/mol. The largest absolute Gasteiger partial charge is 0.497 e. The van der Waals surface area contributed by atoms with Crippen molar-refractivity contribution in [3.63, 3.8) is 0 Å². The maximum Gasteiger partial charge on any atom is 0.236 e. The van der Waals surface area contributed by atoms with E-state index in [1.165, 1.54) is 25.0 Å². The van der Waals surface area contributed by atoms with Crippen LogP contribution >= 0.6 is 0 Å². The van der Waals surface area contributed by atoms with Crippen LogP contribution in [-0.4, -0.2) is 198 Å². The smallest absolute Gasteiger partial charge is 0.236 e. The van der Waals surface area contributed by atoms with Gasteiger partial charge in [-0.05, 0) is 165 Å². The number of fused-ring (bicyclic) bond motifs is 6. The van der Waals surface area contributed by atoms with Crippen LogP contribution < -0.4 is 49.2 Å². The summed E-state index contributed by atoms with van der Waals surface area (Å²) in [6, 6.07) is 56.3. The zero-order valence-electron chi connectivity index (χ0n) is 70.1. The number of aromatic nitrogens is 18. The number of ether oxygens (including phenoxy) is 4. The molecule has 644 valence electrons. The molecule has 3 aliphatic heterocycles. The van der Waals surface area contributed by atoms with Crippen LogP contribution in [0.4, 0.5) is 52.5 Å². The van der Waals surface area contributed by atoms with Gasteiger partial charge in [-0.15, -0.1) is 0 Å². The lowest BCUT2D eigenvalue weighted by Crippen LogP contribution is -2.37. The van der Waals surface area contributed by atoms with E-state index >= 15 is 0 Å². The lowest BCUT2D eigenvalue weighted by atomic mass is 9.99. The molecule has 1 atom stereocenters. The van der Waals surface area contributed by atoms with Gasteiger partial charge in [0.25, 0.3) is 0 Å². The Balaban J connectivity index is 0.000000112. The molecule has 33 heteroatoms. The average Bonchev–Trinajstić information content (AvgIpc) is 1.58. The second-order valence-electron chi connectivity index (χ2n) is 30.4. The molecule has 0 spiro atoms. The van der Waals surface area contributed by atoms with Gasteiger partial charge in [0.15, 0.2) is 0 Å². The summed E-state index contributed by atoms with van der Waals surface area (Å²) in [7, 11) is 6.96. The molecule has 127 heavy (non-hydrogen) atoms. The highest BCUT2D eigenvalue weighted by Crippen LogP contribution is 2.38. The van der Waals surface area contributed by atoms with Crippen molar-refractivity contribution in [1.82, 2.24) is 86.2 Å². The van der Waals surface area contributed by atoms with Crippen LogP contribution in [-0.2, 0) is 0 Å². The Hall–Kier alpha value is -15.3. The van der Waals surface area contributed by atoms with E-state index in [0.717, 1.165) is 167 Å². The molecular weight excluding hydrogens is 1620 g/mol. The quantitative estimate of drug-likeness (QED) is 0.0474. The summed E-state index contributed by atoms with van der Waals surface area (Å²) in [5.41, 5.74) is 11.2. The second-order valence-corrected chi connectivity index (χ2v) is 30.4. The van der Waals surface area contributed by atoms with Gasteiger partial charge in [0.2, 0.25) is 41.5 Å². The van der Waals surface area contributed by atoms with Crippen LogP contribution in [0.25, 0.3) is 102 Å². The number of hydrogen-bond acceptors (Lipinski definition) is 23. The third kappa shape index (κ3) is 18.5. The second kappa shape index (κ2) is 37.4. The number of nitrogens with zero attached hydrogens (tertiary/aromatic N) is 22. The Labute approximate surface area is 726 Å². The molecule has 4 fully saturated rings. The zero-order valence-corrected chi connectivity index (χ0v) is 70.1. The Morgan fingerprint density at radius 1 is 0.409 bits per heavy atom. The fourth-order valence-electron chi connectivity index (χ4n) is 14.9. The molecule has 15 heterocycles. The maximum atomic E-state index is 13.0. The summed E-state index contributed by atoms with van der Waals surface area (Å²) in [5, 5.41) is 18.0. The summed E-state index contributed by atoms with van der Waals surface area (Å²) < 4.78 is 82.9. The highest BCUT2D eigenvalue weighted by Gasteiger charge is 2.31. The predicted octanol–water partition coefficient (Wildman–Crippen LogP) is 16.2. The van der Waals surface area contributed by atoms with Crippen molar-refractivity contribution in [2.45, 2.75) is 44.2 Å². The fourth-order valence-corrected chi connectivity index (χ4v) is 14.9. The van der Waals surface area contributed by atoms with E-state index in [9.17, 15) is 22.7 Å². The molecule has 3 N–H and O–H groups in total. The van der Waals surface area contributed by atoms with E-state index in [4.69, 9.17) is 33.9 Å². The van der Waals surface area contributed by atoms with Gasteiger partial charge < -0.3 is 54.3 Å². The molecule has 12 aromatic heterocycles. The first-order valence-electron chi connectivity index (χ1n) is 41.8. The molecule has 4 aliphatic rings. The van der Waals surface area contributed by atoms with Crippen molar-refractivity contribution < 1.29 is 41.6 Å².